The molecule has 2 aromatic rings. The summed E-state index contributed by atoms with van der Waals surface area (Å²) in [6.45, 7) is 7.19. The van der Waals surface area contributed by atoms with E-state index in [1.54, 1.807) is 7.05 Å². The van der Waals surface area contributed by atoms with E-state index in [0.29, 0.717) is 0 Å². The van der Waals surface area contributed by atoms with Crippen LogP contribution in [0.3, 0.4) is 0 Å². The topological polar surface area (TPSA) is 36.4 Å². The van der Waals surface area contributed by atoms with Gasteiger partial charge in [0.05, 0.1) is 0 Å². The molecular weight excluding hydrogens is 409 g/mol. The first kappa shape index (κ1) is 20.5. The molecule has 24 heavy (non-hydrogen) atoms. The Morgan fingerprint density at radius 2 is 1.38 bits per heavy atom. The molecule has 0 bridgehead atoms. The van der Waals surface area contributed by atoms with Gasteiger partial charge >= 0.3 is 0 Å². The Morgan fingerprint density at radius 3 is 1.75 bits per heavy atom. The minimum atomic E-state index is -0.0170. The van der Waals surface area contributed by atoms with Crippen molar-refractivity contribution in [3.63, 3.8) is 0 Å². The van der Waals surface area contributed by atoms with Gasteiger partial charge < -0.3 is 10.6 Å². The van der Waals surface area contributed by atoms with Crippen LogP contribution in [0.15, 0.2) is 65.7 Å². The molecule has 2 aromatic carbocycles. The zero-order chi connectivity index (χ0) is 16.7. The summed E-state index contributed by atoms with van der Waals surface area (Å²) in [5, 5.41) is 6.86. The van der Waals surface area contributed by atoms with Crippen LogP contribution < -0.4 is 10.6 Å². The molecule has 130 valence electrons. The lowest BCUT2D eigenvalue weighted by atomic mass is 9.91. The van der Waals surface area contributed by atoms with Crippen molar-refractivity contribution >= 4 is 29.9 Å². The Bertz CT molecular complexity index is 579. The van der Waals surface area contributed by atoms with Crippen LogP contribution in [0.2, 0.25) is 0 Å². The van der Waals surface area contributed by atoms with Gasteiger partial charge in [0.2, 0.25) is 0 Å². The summed E-state index contributed by atoms with van der Waals surface area (Å²) in [6.07, 6.45) is 0. The van der Waals surface area contributed by atoms with E-state index >= 15 is 0 Å². The number of benzene rings is 2. The Morgan fingerprint density at radius 1 is 0.917 bits per heavy atom. The van der Waals surface area contributed by atoms with Gasteiger partial charge in [0.1, 0.15) is 0 Å². The number of guanidine groups is 1. The van der Waals surface area contributed by atoms with Crippen LogP contribution in [0.4, 0.5) is 0 Å². The molecule has 0 saturated carbocycles. The molecule has 0 fully saturated rings. The number of aliphatic imine (C=N–C) groups is 1. The fourth-order valence-corrected chi connectivity index (χ4v) is 2.53. The SMILES string of the molecule is CN=C(NCC(c1ccccc1)c1ccccc1)NC(C)(C)C.I. The van der Waals surface area contributed by atoms with Gasteiger partial charge in [-0.3, -0.25) is 4.99 Å². The van der Waals surface area contributed by atoms with Gasteiger partial charge in [0.25, 0.3) is 0 Å². The maximum atomic E-state index is 4.33. The van der Waals surface area contributed by atoms with Crippen LogP contribution >= 0.6 is 24.0 Å². The molecule has 0 heterocycles. The normalized spacial score (nSPS) is 11.8. The van der Waals surface area contributed by atoms with Gasteiger partial charge in [-0.05, 0) is 31.9 Å². The molecule has 0 aromatic heterocycles. The largest absolute Gasteiger partial charge is 0.355 e. The summed E-state index contributed by atoms with van der Waals surface area (Å²) in [4.78, 5) is 4.33. The molecule has 0 radical (unpaired) electrons. The minimum Gasteiger partial charge on any atom is -0.355 e. The zero-order valence-electron chi connectivity index (χ0n) is 14.9. The number of nitrogens with zero attached hydrogens (tertiary/aromatic N) is 1. The second-order valence-electron chi connectivity index (χ2n) is 6.70. The molecule has 0 aliphatic heterocycles. The molecule has 0 unspecified atom stereocenters. The number of nitrogens with one attached hydrogen (secondary N) is 2. The van der Waals surface area contributed by atoms with Crippen molar-refractivity contribution in [3.05, 3.63) is 71.8 Å². The molecule has 0 spiro atoms. The zero-order valence-corrected chi connectivity index (χ0v) is 17.2. The quantitative estimate of drug-likeness (QED) is 0.423. The van der Waals surface area contributed by atoms with Gasteiger partial charge in [-0.1, -0.05) is 60.7 Å². The van der Waals surface area contributed by atoms with Crippen LogP contribution in [0.5, 0.6) is 0 Å². The Kier molecular flexibility index (Phi) is 8.25. The van der Waals surface area contributed by atoms with E-state index in [-0.39, 0.29) is 35.4 Å². The first-order valence-electron chi connectivity index (χ1n) is 8.08. The fourth-order valence-electron chi connectivity index (χ4n) is 2.53. The molecule has 2 rings (SSSR count). The lowest BCUT2D eigenvalue weighted by Crippen LogP contribution is -2.48. The number of halogens is 1. The van der Waals surface area contributed by atoms with E-state index in [4.69, 9.17) is 0 Å². The minimum absolute atomic E-state index is 0. The lowest BCUT2D eigenvalue weighted by Gasteiger charge is -2.26. The van der Waals surface area contributed by atoms with E-state index < -0.39 is 0 Å². The fraction of sp³-hybridized carbons (Fsp3) is 0.350. The molecule has 0 aliphatic rings. The van der Waals surface area contributed by atoms with Gasteiger partial charge in [-0.15, -0.1) is 24.0 Å². The van der Waals surface area contributed by atoms with E-state index in [0.717, 1.165) is 12.5 Å². The van der Waals surface area contributed by atoms with Crippen molar-refractivity contribution in [2.75, 3.05) is 13.6 Å². The molecule has 0 saturated heterocycles. The van der Waals surface area contributed by atoms with Crippen LogP contribution in [0.1, 0.15) is 37.8 Å². The third-order valence-corrected chi connectivity index (χ3v) is 3.59. The van der Waals surface area contributed by atoms with Crippen molar-refractivity contribution in [1.29, 1.82) is 0 Å². The Labute approximate surface area is 163 Å². The van der Waals surface area contributed by atoms with E-state index in [2.05, 4.69) is 97.1 Å². The molecule has 2 N–H and O–H groups in total. The number of rotatable bonds is 4. The molecule has 4 heteroatoms. The van der Waals surface area contributed by atoms with Crippen LogP contribution in [0, 0.1) is 0 Å². The highest BCUT2D eigenvalue weighted by Gasteiger charge is 2.16. The average Bonchev–Trinajstić information content (AvgIpc) is 2.55. The maximum Gasteiger partial charge on any atom is 0.191 e. The molecule has 3 nitrogen and oxygen atoms in total. The van der Waals surface area contributed by atoms with Crippen molar-refractivity contribution in [2.45, 2.75) is 32.2 Å². The summed E-state index contributed by atoms with van der Waals surface area (Å²) in [5.41, 5.74) is 2.59. The third kappa shape index (κ3) is 6.51. The van der Waals surface area contributed by atoms with Crippen LogP contribution in [-0.4, -0.2) is 25.1 Å². The van der Waals surface area contributed by atoms with E-state index in [9.17, 15) is 0 Å². The first-order chi connectivity index (χ1) is 11.0. The summed E-state index contributed by atoms with van der Waals surface area (Å²) < 4.78 is 0. The van der Waals surface area contributed by atoms with Gasteiger partial charge in [-0.25, -0.2) is 0 Å². The highest BCUT2D eigenvalue weighted by atomic mass is 127. The average molecular weight is 437 g/mol. The van der Waals surface area contributed by atoms with Crippen molar-refractivity contribution in [1.82, 2.24) is 10.6 Å². The first-order valence-corrected chi connectivity index (χ1v) is 8.08. The summed E-state index contributed by atoms with van der Waals surface area (Å²) in [5.74, 6) is 1.12. The summed E-state index contributed by atoms with van der Waals surface area (Å²) in [7, 11) is 1.81. The van der Waals surface area contributed by atoms with Gasteiger partial charge in [-0.2, -0.15) is 0 Å². The molecule has 0 atom stereocenters. The molecular formula is C20H28IN3. The van der Waals surface area contributed by atoms with Crippen LogP contribution in [-0.2, 0) is 0 Å². The Hall–Kier alpha value is -1.56. The molecule has 0 aliphatic carbocycles. The van der Waals surface area contributed by atoms with Crippen molar-refractivity contribution in [3.8, 4) is 0 Å². The summed E-state index contributed by atoms with van der Waals surface area (Å²) >= 11 is 0. The lowest BCUT2D eigenvalue weighted by molar-refractivity contribution is 0.500. The van der Waals surface area contributed by atoms with Crippen molar-refractivity contribution in [2.24, 2.45) is 4.99 Å². The third-order valence-electron chi connectivity index (χ3n) is 3.59. The number of hydrogen-bond donors (Lipinski definition) is 2. The monoisotopic (exact) mass is 437 g/mol. The van der Waals surface area contributed by atoms with Crippen molar-refractivity contribution < 1.29 is 0 Å². The predicted molar refractivity (Wildman–Crippen MR) is 114 cm³/mol. The molecule has 0 amide bonds. The summed E-state index contributed by atoms with van der Waals surface area (Å²) in [6, 6.07) is 21.2. The second kappa shape index (κ2) is 9.67. The smallest absolute Gasteiger partial charge is 0.191 e. The number of hydrogen-bond acceptors (Lipinski definition) is 1. The second-order valence-corrected chi connectivity index (χ2v) is 6.70. The maximum absolute atomic E-state index is 4.33. The van der Waals surface area contributed by atoms with E-state index in [1.807, 2.05) is 0 Å². The van der Waals surface area contributed by atoms with Gasteiger partial charge in [0.15, 0.2) is 5.96 Å². The predicted octanol–water partition coefficient (Wildman–Crippen LogP) is 4.40. The Balaban J connectivity index is 0.00000288. The van der Waals surface area contributed by atoms with Crippen LogP contribution in [0.25, 0.3) is 0 Å². The highest BCUT2D eigenvalue weighted by molar-refractivity contribution is 14.0. The van der Waals surface area contributed by atoms with Gasteiger partial charge in [0, 0.05) is 25.0 Å². The standard InChI is InChI=1S/C20H27N3.HI/c1-20(2,3)23-19(21-4)22-15-18(16-11-7-5-8-12-16)17-13-9-6-10-14-17;/h5-14,18H,15H2,1-4H3,(H2,21,22,23);1H. The highest BCUT2D eigenvalue weighted by Crippen LogP contribution is 2.23. The van der Waals surface area contributed by atoms with E-state index in [1.165, 1.54) is 11.1 Å².